The number of carbonyl (C=O) groups excluding carboxylic acids is 1. The van der Waals surface area contributed by atoms with Crippen LogP contribution in [0.4, 0.5) is 10.5 Å². The number of para-hydroxylation sites is 2. The molecule has 0 spiro atoms. The molecule has 1 saturated heterocycles. The van der Waals surface area contributed by atoms with Crippen molar-refractivity contribution in [3.8, 4) is 5.75 Å². The highest BCUT2D eigenvalue weighted by molar-refractivity contribution is 7.99. The Kier molecular flexibility index (Phi) is 5.53. The molecule has 2 amide bonds. The van der Waals surface area contributed by atoms with Crippen LogP contribution in [0.5, 0.6) is 5.75 Å². The monoisotopic (exact) mass is 362 g/mol. The molecule has 1 fully saturated rings. The van der Waals surface area contributed by atoms with Crippen molar-refractivity contribution in [2.24, 2.45) is 0 Å². The van der Waals surface area contributed by atoms with E-state index in [0.29, 0.717) is 29.6 Å². The van der Waals surface area contributed by atoms with Crippen LogP contribution in [0.15, 0.2) is 48.5 Å². The average Bonchev–Trinajstić information content (AvgIpc) is 3.07. The summed E-state index contributed by atoms with van der Waals surface area (Å²) in [5.41, 5.74) is 1.73. The number of carbonyl (C=O) groups is 1. The Hall–Kier alpha value is -1.85. The summed E-state index contributed by atoms with van der Waals surface area (Å²) in [5.74, 6) is 1.58. The third-order valence-electron chi connectivity index (χ3n) is 3.71. The summed E-state index contributed by atoms with van der Waals surface area (Å²) in [6.45, 7) is 3.17. The van der Waals surface area contributed by atoms with E-state index < -0.39 is 0 Å². The van der Waals surface area contributed by atoms with Crippen molar-refractivity contribution in [3.63, 3.8) is 0 Å². The zero-order valence-electron chi connectivity index (χ0n) is 13.4. The molecule has 0 saturated carbocycles. The first kappa shape index (κ1) is 17.0. The number of rotatable bonds is 4. The number of urea groups is 1. The van der Waals surface area contributed by atoms with Gasteiger partial charge in [-0.05, 0) is 36.8 Å². The molecule has 0 radical (unpaired) electrons. The zero-order chi connectivity index (χ0) is 16.9. The first-order valence-electron chi connectivity index (χ1n) is 7.85. The van der Waals surface area contributed by atoms with Crippen molar-refractivity contribution < 1.29 is 9.53 Å². The number of benzene rings is 2. The molecule has 0 bridgehead atoms. The molecule has 0 aliphatic carbocycles. The van der Waals surface area contributed by atoms with Gasteiger partial charge in [0.1, 0.15) is 11.1 Å². The van der Waals surface area contributed by atoms with Gasteiger partial charge in [0, 0.05) is 17.3 Å². The van der Waals surface area contributed by atoms with E-state index >= 15 is 0 Å². The van der Waals surface area contributed by atoms with Gasteiger partial charge < -0.3 is 15.0 Å². The Morgan fingerprint density at radius 2 is 2.17 bits per heavy atom. The van der Waals surface area contributed by atoms with Gasteiger partial charge in [0.25, 0.3) is 0 Å². The van der Waals surface area contributed by atoms with Gasteiger partial charge in [0.2, 0.25) is 0 Å². The van der Waals surface area contributed by atoms with Crippen LogP contribution < -0.4 is 10.1 Å². The first-order valence-corrected chi connectivity index (χ1v) is 9.28. The van der Waals surface area contributed by atoms with Gasteiger partial charge in [0.05, 0.1) is 12.3 Å². The average molecular weight is 363 g/mol. The minimum absolute atomic E-state index is 0.0250. The van der Waals surface area contributed by atoms with E-state index in [1.54, 1.807) is 11.8 Å². The first-order chi connectivity index (χ1) is 11.7. The molecule has 1 heterocycles. The Bertz CT molecular complexity index is 726. The van der Waals surface area contributed by atoms with Crippen LogP contribution in [0.2, 0.25) is 5.02 Å². The molecular weight excluding hydrogens is 344 g/mol. The van der Waals surface area contributed by atoms with Gasteiger partial charge in [0.15, 0.2) is 0 Å². The van der Waals surface area contributed by atoms with E-state index in [9.17, 15) is 4.79 Å². The predicted octanol–water partition coefficient (Wildman–Crippen LogP) is 5.02. The summed E-state index contributed by atoms with van der Waals surface area (Å²) in [4.78, 5) is 14.6. The highest BCUT2D eigenvalue weighted by Crippen LogP contribution is 2.39. The van der Waals surface area contributed by atoms with E-state index in [-0.39, 0.29) is 11.4 Å². The molecule has 1 atom stereocenters. The zero-order valence-corrected chi connectivity index (χ0v) is 14.9. The molecule has 1 N–H and O–H groups in total. The number of nitrogens with one attached hydrogen (secondary N) is 1. The summed E-state index contributed by atoms with van der Waals surface area (Å²) in [7, 11) is 0. The maximum Gasteiger partial charge on any atom is 0.323 e. The molecular formula is C18H19ClN2O2S. The minimum Gasteiger partial charge on any atom is -0.492 e. The molecule has 0 unspecified atom stereocenters. The molecule has 24 heavy (non-hydrogen) atoms. The van der Waals surface area contributed by atoms with Gasteiger partial charge in [-0.3, -0.25) is 0 Å². The number of thioether (sulfide) groups is 1. The number of hydrogen-bond acceptors (Lipinski definition) is 3. The maximum atomic E-state index is 12.8. The molecule has 4 nitrogen and oxygen atoms in total. The minimum atomic E-state index is -0.128. The number of amides is 2. The van der Waals surface area contributed by atoms with Crippen LogP contribution in [-0.2, 0) is 0 Å². The maximum absolute atomic E-state index is 12.8. The largest absolute Gasteiger partial charge is 0.492 e. The molecule has 1 aliphatic heterocycles. The molecule has 1 aliphatic rings. The number of ether oxygens (including phenoxy) is 1. The van der Waals surface area contributed by atoms with Crippen LogP contribution in [-0.4, -0.2) is 29.8 Å². The lowest BCUT2D eigenvalue weighted by Gasteiger charge is -2.25. The SMILES string of the molecule is CCOc1ccccc1NC(=O)N1CCS[C@H]1c1cccc(Cl)c1. The Morgan fingerprint density at radius 1 is 1.33 bits per heavy atom. The van der Waals surface area contributed by atoms with Crippen molar-refractivity contribution in [2.45, 2.75) is 12.3 Å². The fraction of sp³-hybridized carbons (Fsp3) is 0.278. The van der Waals surface area contributed by atoms with Crippen molar-refractivity contribution >= 4 is 35.1 Å². The lowest BCUT2D eigenvalue weighted by atomic mass is 10.2. The van der Waals surface area contributed by atoms with Gasteiger partial charge >= 0.3 is 6.03 Å². The van der Waals surface area contributed by atoms with Gasteiger partial charge in [-0.15, -0.1) is 11.8 Å². The summed E-state index contributed by atoms with van der Waals surface area (Å²) >= 11 is 7.83. The standard InChI is InChI=1S/C18H19ClN2O2S/c1-2-23-16-9-4-3-8-15(16)20-18(22)21-10-11-24-17(21)13-6-5-7-14(19)12-13/h3-9,12,17H,2,10-11H2,1H3,(H,20,22)/t17-/m0/s1. The van der Waals surface area contributed by atoms with Crippen LogP contribution in [0.1, 0.15) is 17.9 Å². The number of hydrogen-bond donors (Lipinski definition) is 1. The number of nitrogens with zero attached hydrogens (tertiary/aromatic N) is 1. The highest BCUT2D eigenvalue weighted by Gasteiger charge is 2.31. The topological polar surface area (TPSA) is 41.6 Å². The van der Waals surface area contributed by atoms with E-state index in [4.69, 9.17) is 16.3 Å². The molecule has 0 aromatic heterocycles. The smallest absolute Gasteiger partial charge is 0.323 e. The lowest BCUT2D eigenvalue weighted by molar-refractivity contribution is 0.214. The highest BCUT2D eigenvalue weighted by atomic mass is 35.5. The fourth-order valence-electron chi connectivity index (χ4n) is 2.65. The second kappa shape index (κ2) is 7.81. The second-order valence-electron chi connectivity index (χ2n) is 5.33. The van der Waals surface area contributed by atoms with Crippen molar-refractivity contribution in [2.75, 3.05) is 24.2 Å². The van der Waals surface area contributed by atoms with Crippen LogP contribution in [0.25, 0.3) is 0 Å². The van der Waals surface area contributed by atoms with E-state index in [1.165, 1.54) is 0 Å². The summed E-state index contributed by atoms with van der Waals surface area (Å²) in [6.07, 6.45) is 0. The summed E-state index contributed by atoms with van der Waals surface area (Å²) < 4.78 is 5.57. The predicted molar refractivity (Wildman–Crippen MR) is 100.0 cm³/mol. The molecule has 2 aromatic rings. The van der Waals surface area contributed by atoms with Crippen LogP contribution in [0, 0.1) is 0 Å². The third kappa shape index (κ3) is 3.79. The van der Waals surface area contributed by atoms with Gasteiger partial charge in [-0.2, -0.15) is 0 Å². The van der Waals surface area contributed by atoms with Crippen LogP contribution >= 0.6 is 23.4 Å². The number of anilines is 1. The second-order valence-corrected chi connectivity index (χ2v) is 6.96. The fourth-order valence-corrected chi connectivity index (χ4v) is 4.10. The molecule has 2 aromatic carbocycles. The summed E-state index contributed by atoms with van der Waals surface area (Å²) in [5, 5.41) is 3.62. The quantitative estimate of drug-likeness (QED) is 0.830. The molecule has 3 rings (SSSR count). The van der Waals surface area contributed by atoms with Gasteiger partial charge in [-0.25, -0.2) is 4.79 Å². The Morgan fingerprint density at radius 3 is 2.96 bits per heavy atom. The van der Waals surface area contributed by atoms with E-state index in [2.05, 4.69) is 5.32 Å². The molecule has 6 heteroatoms. The van der Waals surface area contributed by atoms with Crippen molar-refractivity contribution in [3.05, 3.63) is 59.1 Å². The lowest BCUT2D eigenvalue weighted by Crippen LogP contribution is -2.34. The normalized spacial score (nSPS) is 16.9. The Balaban J connectivity index is 1.77. The Labute approximate surface area is 151 Å². The molecule has 126 valence electrons. The number of halogens is 1. The van der Waals surface area contributed by atoms with Crippen molar-refractivity contribution in [1.82, 2.24) is 4.90 Å². The van der Waals surface area contributed by atoms with E-state index in [0.717, 1.165) is 11.3 Å². The van der Waals surface area contributed by atoms with Crippen molar-refractivity contribution in [1.29, 1.82) is 0 Å². The van der Waals surface area contributed by atoms with E-state index in [1.807, 2.05) is 60.4 Å². The van der Waals surface area contributed by atoms with Gasteiger partial charge in [-0.1, -0.05) is 35.9 Å². The van der Waals surface area contributed by atoms with Crippen LogP contribution in [0.3, 0.4) is 0 Å². The summed E-state index contributed by atoms with van der Waals surface area (Å²) in [6, 6.07) is 15.0. The third-order valence-corrected chi connectivity index (χ3v) is 5.21.